The largest absolute Gasteiger partial charge is 0.554 e. The molecule has 0 aliphatic carbocycles. The van der Waals surface area contributed by atoms with Gasteiger partial charge in [0.05, 0.1) is 0 Å². The van der Waals surface area contributed by atoms with E-state index in [-0.39, 0.29) is 0 Å². The van der Waals surface area contributed by atoms with Gasteiger partial charge in [0.1, 0.15) is 0 Å². The average Bonchev–Trinajstić information content (AvgIpc) is 2.42. The highest BCUT2D eigenvalue weighted by atomic mass is 17.2. The summed E-state index contributed by atoms with van der Waals surface area (Å²) < 4.78 is 0. The normalized spacial score (nSPS) is 10.2. The van der Waals surface area contributed by atoms with E-state index in [4.69, 9.17) is 10.5 Å². The minimum Gasteiger partial charge on any atom is -0.264 e. The molecule has 2 aromatic carbocycles. The first kappa shape index (κ1) is 11.8. The molecule has 0 atom stereocenters. The van der Waals surface area contributed by atoms with Crippen molar-refractivity contribution in [2.24, 2.45) is 0 Å². The lowest BCUT2D eigenvalue weighted by atomic mass is 9.79. The third-order valence-electron chi connectivity index (χ3n) is 2.48. The Morgan fingerprint density at radius 2 is 1.24 bits per heavy atom. The molecule has 0 aromatic heterocycles. The Bertz CT molecular complexity index is 454. The molecule has 17 heavy (non-hydrogen) atoms. The summed E-state index contributed by atoms with van der Waals surface area (Å²) in [5.41, 5.74) is 2.64. The SMILES string of the molecule is OOB(OO)c1ccc(-c2ccccc2)cc1. The summed E-state index contributed by atoms with van der Waals surface area (Å²) in [6.45, 7) is 0. The Kier molecular flexibility index (Phi) is 3.90. The first-order chi connectivity index (χ1) is 8.35. The van der Waals surface area contributed by atoms with Crippen LogP contribution < -0.4 is 5.46 Å². The van der Waals surface area contributed by atoms with Crippen molar-refractivity contribution >= 4 is 12.6 Å². The van der Waals surface area contributed by atoms with Gasteiger partial charge in [0, 0.05) is 0 Å². The Labute approximate surface area is 99.1 Å². The zero-order valence-corrected chi connectivity index (χ0v) is 8.98. The number of hydrogen-bond donors (Lipinski definition) is 2. The van der Waals surface area contributed by atoms with Crippen LogP contribution in [0, 0.1) is 0 Å². The molecule has 2 rings (SSSR count). The van der Waals surface area contributed by atoms with Crippen LogP contribution in [0.1, 0.15) is 0 Å². The predicted octanol–water partition coefficient (Wildman–Crippen LogP) is 2.03. The van der Waals surface area contributed by atoms with E-state index in [0.717, 1.165) is 11.1 Å². The molecule has 0 saturated carbocycles. The van der Waals surface area contributed by atoms with Gasteiger partial charge in [-0.15, -0.1) is 0 Å². The zero-order valence-electron chi connectivity index (χ0n) is 8.98. The molecule has 2 aromatic rings. The van der Waals surface area contributed by atoms with Gasteiger partial charge in [-0.25, -0.2) is 0 Å². The lowest BCUT2D eigenvalue weighted by Gasteiger charge is -2.06. The van der Waals surface area contributed by atoms with Crippen LogP contribution in [-0.2, 0) is 9.61 Å². The van der Waals surface area contributed by atoms with Crippen LogP contribution >= 0.6 is 0 Å². The smallest absolute Gasteiger partial charge is 0.264 e. The van der Waals surface area contributed by atoms with Gasteiger partial charge in [0.25, 0.3) is 0 Å². The molecule has 2 N–H and O–H groups in total. The van der Waals surface area contributed by atoms with Gasteiger partial charge in [0.2, 0.25) is 0 Å². The molecule has 0 aliphatic rings. The quantitative estimate of drug-likeness (QED) is 0.479. The third kappa shape index (κ3) is 2.72. The standard InChI is InChI=1S/C12H11BO4/c14-16-13(17-15)12-8-6-11(7-9-12)10-4-2-1-3-5-10/h1-9,14-15H. The van der Waals surface area contributed by atoms with Crippen molar-refractivity contribution in [1.29, 1.82) is 0 Å². The second-order valence-electron chi connectivity index (χ2n) is 3.53. The van der Waals surface area contributed by atoms with E-state index >= 15 is 0 Å². The minimum absolute atomic E-state index is 0.523. The fraction of sp³-hybridized carbons (Fsp3) is 0. The Morgan fingerprint density at radius 1 is 0.706 bits per heavy atom. The predicted molar refractivity (Wildman–Crippen MR) is 64.7 cm³/mol. The van der Waals surface area contributed by atoms with Gasteiger partial charge in [-0.3, -0.25) is 20.1 Å². The first-order valence-corrected chi connectivity index (χ1v) is 5.11. The van der Waals surface area contributed by atoms with Crippen molar-refractivity contribution in [3.8, 4) is 11.1 Å². The van der Waals surface area contributed by atoms with Gasteiger partial charge in [-0.2, -0.15) is 0 Å². The molecule has 0 unspecified atom stereocenters. The van der Waals surface area contributed by atoms with Crippen LogP contribution in [0.4, 0.5) is 0 Å². The highest BCUT2D eigenvalue weighted by Crippen LogP contribution is 2.17. The van der Waals surface area contributed by atoms with Gasteiger partial charge in [0.15, 0.2) is 0 Å². The fourth-order valence-electron chi connectivity index (χ4n) is 1.60. The van der Waals surface area contributed by atoms with E-state index in [1.165, 1.54) is 0 Å². The van der Waals surface area contributed by atoms with Crippen molar-refractivity contribution in [3.05, 3.63) is 54.6 Å². The zero-order chi connectivity index (χ0) is 12.1. The van der Waals surface area contributed by atoms with Crippen LogP contribution in [-0.4, -0.2) is 17.6 Å². The second-order valence-corrected chi connectivity index (χ2v) is 3.53. The minimum atomic E-state index is -1.18. The summed E-state index contributed by atoms with van der Waals surface area (Å²) in [4.78, 5) is 7.92. The molecule has 0 spiro atoms. The van der Waals surface area contributed by atoms with E-state index in [9.17, 15) is 0 Å². The monoisotopic (exact) mass is 230 g/mol. The van der Waals surface area contributed by atoms with Crippen molar-refractivity contribution in [2.45, 2.75) is 0 Å². The fourth-order valence-corrected chi connectivity index (χ4v) is 1.60. The Balaban J connectivity index is 2.24. The Hall–Kier alpha value is -1.66. The van der Waals surface area contributed by atoms with Crippen LogP contribution in [0.2, 0.25) is 0 Å². The topological polar surface area (TPSA) is 58.9 Å². The summed E-state index contributed by atoms with van der Waals surface area (Å²) in [5, 5.41) is 17.0. The highest BCUT2D eigenvalue weighted by molar-refractivity contribution is 6.60. The second kappa shape index (κ2) is 5.61. The lowest BCUT2D eigenvalue weighted by molar-refractivity contribution is -0.221. The average molecular weight is 230 g/mol. The molecule has 0 aliphatic heterocycles. The number of hydrogen-bond acceptors (Lipinski definition) is 4. The van der Waals surface area contributed by atoms with E-state index in [0.29, 0.717) is 5.46 Å². The summed E-state index contributed by atoms with van der Waals surface area (Å²) in [6, 6.07) is 17.0. The van der Waals surface area contributed by atoms with E-state index < -0.39 is 7.12 Å². The van der Waals surface area contributed by atoms with Crippen LogP contribution in [0.15, 0.2) is 54.6 Å². The van der Waals surface area contributed by atoms with Gasteiger partial charge < -0.3 is 0 Å². The molecule has 0 radical (unpaired) electrons. The molecule has 0 amide bonds. The third-order valence-corrected chi connectivity index (χ3v) is 2.48. The van der Waals surface area contributed by atoms with Crippen molar-refractivity contribution in [2.75, 3.05) is 0 Å². The van der Waals surface area contributed by atoms with Crippen molar-refractivity contribution < 1.29 is 20.1 Å². The molecule has 0 fully saturated rings. The Morgan fingerprint density at radius 3 is 1.76 bits per heavy atom. The van der Waals surface area contributed by atoms with Gasteiger partial charge in [-0.05, 0) is 16.6 Å². The lowest BCUT2D eigenvalue weighted by Crippen LogP contribution is -2.34. The molecule has 0 heterocycles. The van der Waals surface area contributed by atoms with Gasteiger partial charge in [-0.1, -0.05) is 54.6 Å². The van der Waals surface area contributed by atoms with Crippen molar-refractivity contribution in [1.82, 2.24) is 0 Å². The van der Waals surface area contributed by atoms with E-state index in [2.05, 4.69) is 9.61 Å². The first-order valence-electron chi connectivity index (χ1n) is 5.11. The molecular formula is C12H11BO4. The van der Waals surface area contributed by atoms with Crippen LogP contribution in [0.5, 0.6) is 0 Å². The number of rotatable bonds is 4. The van der Waals surface area contributed by atoms with Crippen molar-refractivity contribution in [3.63, 3.8) is 0 Å². The maximum Gasteiger partial charge on any atom is 0.554 e. The van der Waals surface area contributed by atoms with Crippen LogP contribution in [0.25, 0.3) is 11.1 Å². The van der Waals surface area contributed by atoms with Crippen LogP contribution in [0.3, 0.4) is 0 Å². The maximum absolute atomic E-state index is 8.48. The maximum atomic E-state index is 8.48. The van der Waals surface area contributed by atoms with E-state index in [1.54, 1.807) is 12.1 Å². The molecule has 0 bridgehead atoms. The summed E-state index contributed by atoms with van der Waals surface area (Å²) in [7, 11) is -1.18. The summed E-state index contributed by atoms with van der Waals surface area (Å²) >= 11 is 0. The number of benzene rings is 2. The summed E-state index contributed by atoms with van der Waals surface area (Å²) in [5.74, 6) is 0. The van der Waals surface area contributed by atoms with Gasteiger partial charge >= 0.3 is 7.12 Å². The molecule has 86 valence electrons. The molecular weight excluding hydrogens is 219 g/mol. The van der Waals surface area contributed by atoms with E-state index in [1.807, 2.05) is 42.5 Å². The highest BCUT2D eigenvalue weighted by Gasteiger charge is 2.21. The summed E-state index contributed by atoms with van der Waals surface area (Å²) in [6.07, 6.45) is 0. The molecule has 4 nitrogen and oxygen atoms in total. The molecule has 0 saturated heterocycles. The molecule has 5 heteroatoms.